The highest BCUT2D eigenvalue weighted by atomic mass is 35.5. The van der Waals surface area contributed by atoms with Gasteiger partial charge in [-0.3, -0.25) is 4.79 Å². The van der Waals surface area contributed by atoms with Crippen LogP contribution >= 0.6 is 11.6 Å². The Labute approximate surface area is 131 Å². The Morgan fingerprint density at radius 3 is 2.50 bits per heavy atom. The summed E-state index contributed by atoms with van der Waals surface area (Å²) in [4.78, 5) is 34.7. The summed E-state index contributed by atoms with van der Waals surface area (Å²) in [6, 6.07) is 6.68. The number of cyclic esters (lactones) is 2. The van der Waals surface area contributed by atoms with Crippen molar-refractivity contribution in [2.45, 2.75) is 13.8 Å². The first kappa shape index (κ1) is 15.8. The number of rotatable bonds is 3. The van der Waals surface area contributed by atoms with E-state index in [1.807, 2.05) is 0 Å². The van der Waals surface area contributed by atoms with Crippen molar-refractivity contribution in [3.63, 3.8) is 0 Å². The maximum absolute atomic E-state index is 11.8. The van der Waals surface area contributed by atoms with Crippen LogP contribution in [-0.2, 0) is 19.1 Å². The fourth-order valence-corrected chi connectivity index (χ4v) is 2.18. The standard InChI is InChI=1S/C15H12ClNO5/c1-7(17-10-5-3-4-9(16)6-10)11-13(19)12(8(2)18)15(21)22-14(11)20/h3-6,17,19H,1-2H3/b11-7-. The molecule has 114 valence electrons. The molecule has 0 bridgehead atoms. The van der Waals surface area contributed by atoms with Crippen LogP contribution in [-0.4, -0.2) is 22.8 Å². The number of hydrogen-bond donors (Lipinski definition) is 2. The molecule has 1 aromatic rings. The first-order valence-electron chi connectivity index (χ1n) is 6.25. The number of carbonyl (C=O) groups excluding carboxylic acids is 3. The minimum atomic E-state index is -1.16. The zero-order valence-corrected chi connectivity index (χ0v) is 12.5. The maximum Gasteiger partial charge on any atom is 0.353 e. The number of carbonyl (C=O) groups is 3. The fourth-order valence-electron chi connectivity index (χ4n) is 1.99. The van der Waals surface area contributed by atoms with Gasteiger partial charge in [0.1, 0.15) is 16.9 Å². The third kappa shape index (κ3) is 3.01. The minimum absolute atomic E-state index is 0.219. The molecule has 0 saturated carbocycles. The second kappa shape index (κ2) is 6.03. The van der Waals surface area contributed by atoms with Crippen LogP contribution in [0.5, 0.6) is 0 Å². The number of Topliss-reactive ketones (excluding diaryl/α,β-unsaturated/α-hetero) is 1. The SMILES string of the molecule is CC(=O)C1=C(O)/C(=C(\C)Nc2cccc(Cl)c2)C(=O)OC1=O. The monoisotopic (exact) mass is 321 g/mol. The Balaban J connectivity index is 2.49. The second-order valence-electron chi connectivity index (χ2n) is 4.59. The summed E-state index contributed by atoms with van der Waals surface area (Å²) in [5, 5.41) is 13.4. The van der Waals surface area contributed by atoms with Gasteiger partial charge in [-0.1, -0.05) is 17.7 Å². The van der Waals surface area contributed by atoms with Crippen LogP contribution in [0.15, 0.2) is 46.9 Å². The van der Waals surface area contributed by atoms with Crippen LogP contribution in [0.25, 0.3) is 0 Å². The number of esters is 2. The minimum Gasteiger partial charge on any atom is -0.506 e. The zero-order chi connectivity index (χ0) is 16.4. The predicted molar refractivity (Wildman–Crippen MR) is 79.2 cm³/mol. The summed E-state index contributed by atoms with van der Waals surface area (Å²) in [5.41, 5.74) is -0.0398. The number of anilines is 1. The molecule has 7 heteroatoms. The summed E-state index contributed by atoms with van der Waals surface area (Å²) in [6.45, 7) is 2.60. The molecule has 0 unspecified atom stereocenters. The lowest BCUT2D eigenvalue weighted by Gasteiger charge is -2.18. The van der Waals surface area contributed by atoms with Crippen molar-refractivity contribution in [3.8, 4) is 0 Å². The number of halogens is 1. The molecule has 0 aromatic heterocycles. The van der Waals surface area contributed by atoms with Crippen LogP contribution in [0.1, 0.15) is 13.8 Å². The molecule has 0 aliphatic carbocycles. The van der Waals surface area contributed by atoms with Gasteiger partial charge >= 0.3 is 11.9 Å². The Morgan fingerprint density at radius 1 is 1.23 bits per heavy atom. The highest BCUT2D eigenvalue weighted by molar-refractivity contribution is 6.30. The highest BCUT2D eigenvalue weighted by Crippen LogP contribution is 2.26. The van der Waals surface area contributed by atoms with Crippen LogP contribution in [0.2, 0.25) is 5.02 Å². The van der Waals surface area contributed by atoms with Gasteiger partial charge < -0.3 is 15.2 Å². The van der Waals surface area contributed by atoms with E-state index in [2.05, 4.69) is 10.1 Å². The molecule has 1 aliphatic rings. The van der Waals surface area contributed by atoms with Gasteiger partial charge in [0.15, 0.2) is 5.78 Å². The molecule has 0 amide bonds. The number of hydrogen-bond acceptors (Lipinski definition) is 6. The van der Waals surface area contributed by atoms with Crippen molar-refractivity contribution in [2.75, 3.05) is 5.32 Å². The Morgan fingerprint density at radius 2 is 1.91 bits per heavy atom. The first-order chi connectivity index (χ1) is 10.3. The molecule has 0 radical (unpaired) electrons. The summed E-state index contributed by atoms with van der Waals surface area (Å²) < 4.78 is 4.49. The predicted octanol–water partition coefficient (Wildman–Crippen LogP) is 2.51. The third-order valence-corrected chi connectivity index (χ3v) is 3.19. The van der Waals surface area contributed by atoms with Gasteiger partial charge in [0.2, 0.25) is 0 Å². The topological polar surface area (TPSA) is 92.7 Å². The molecule has 6 nitrogen and oxygen atoms in total. The Hall–Kier alpha value is -2.60. The number of nitrogens with one attached hydrogen (secondary N) is 1. The average molecular weight is 322 g/mol. The summed E-state index contributed by atoms with van der Waals surface area (Å²) in [5.74, 6) is -3.57. The van der Waals surface area contributed by atoms with E-state index >= 15 is 0 Å². The molecule has 1 aromatic carbocycles. The normalized spacial score (nSPS) is 17.2. The lowest BCUT2D eigenvalue weighted by Crippen LogP contribution is -2.29. The van der Waals surface area contributed by atoms with Gasteiger partial charge in [-0.15, -0.1) is 0 Å². The van der Waals surface area contributed by atoms with Gasteiger partial charge in [0.25, 0.3) is 0 Å². The molecule has 2 rings (SSSR count). The summed E-state index contributed by atoms with van der Waals surface area (Å²) >= 11 is 5.86. The molecule has 0 fully saturated rings. The smallest absolute Gasteiger partial charge is 0.353 e. The fraction of sp³-hybridized carbons (Fsp3) is 0.133. The molecule has 2 N–H and O–H groups in total. The highest BCUT2D eigenvalue weighted by Gasteiger charge is 2.36. The molecule has 1 heterocycles. The molecule has 22 heavy (non-hydrogen) atoms. The van der Waals surface area contributed by atoms with Crippen molar-refractivity contribution in [1.29, 1.82) is 0 Å². The van der Waals surface area contributed by atoms with Crippen LogP contribution in [0.3, 0.4) is 0 Å². The van der Waals surface area contributed by atoms with Gasteiger partial charge in [0, 0.05) is 16.4 Å². The largest absolute Gasteiger partial charge is 0.506 e. The van der Waals surface area contributed by atoms with Crippen LogP contribution in [0, 0.1) is 0 Å². The van der Waals surface area contributed by atoms with Crippen molar-refractivity contribution in [3.05, 3.63) is 51.9 Å². The van der Waals surface area contributed by atoms with Crippen LogP contribution in [0.4, 0.5) is 5.69 Å². The number of allylic oxidation sites excluding steroid dienone is 1. The van der Waals surface area contributed by atoms with E-state index in [0.29, 0.717) is 10.7 Å². The number of benzene rings is 1. The van der Waals surface area contributed by atoms with E-state index in [-0.39, 0.29) is 11.3 Å². The van der Waals surface area contributed by atoms with E-state index in [1.165, 1.54) is 6.92 Å². The molecule has 1 aliphatic heterocycles. The molecule has 0 saturated heterocycles. The van der Waals surface area contributed by atoms with E-state index < -0.39 is 29.1 Å². The van der Waals surface area contributed by atoms with Crippen molar-refractivity contribution >= 4 is 35.0 Å². The Bertz CT molecular complexity index is 748. The third-order valence-electron chi connectivity index (χ3n) is 2.95. The number of ketones is 1. The zero-order valence-electron chi connectivity index (χ0n) is 11.8. The van der Waals surface area contributed by atoms with E-state index in [9.17, 15) is 19.5 Å². The van der Waals surface area contributed by atoms with Crippen molar-refractivity contribution < 1.29 is 24.2 Å². The molecule has 0 atom stereocenters. The molecular weight excluding hydrogens is 310 g/mol. The van der Waals surface area contributed by atoms with E-state index in [0.717, 1.165) is 6.92 Å². The van der Waals surface area contributed by atoms with E-state index in [1.54, 1.807) is 24.3 Å². The van der Waals surface area contributed by atoms with Crippen LogP contribution < -0.4 is 5.32 Å². The number of ether oxygens (including phenoxy) is 1. The van der Waals surface area contributed by atoms with Crippen molar-refractivity contribution in [2.24, 2.45) is 0 Å². The van der Waals surface area contributed by atoms with Gasteiger partial charge in [0.05, 0.1) is 0 Å². The van der Waals surface area contributed by atoms with E-state index in [4.69, 9.17) is 11.6 Å². The van der Waals surface area contributed by atoms with Crippen molar-refractivity contribution in [1.82, 2.24) is 0 Å². The lowest BCUT2D eigenvalue weighted by atomic mass is 10.0. The second-order valence-corrected chi connectivity index (χ2v) is 5.03. The summed E-state index contributed by atoms with van der Waals surface area (Å²) in [7, 11) is 0. The van der Waals surface area contributed by atoms with Gasteiger partial charge in [-0.05, 0) is 32.0 Å². The number of aliphatic hydroxyl groups is 1. The molecular formula is C15H12ClNO5. The summed E-state index contributed by atoms with van der Waals surface area (Å²) in [6.07, 6.45) is 0. The average Bonchev–Trinajstić information content (AvgIpc) is 2.37. The maximum atomic E-state index is 11.8. The van der Waals surface area contributed by atoms with Gasteiger partial charge in [-0.25, -0.2) is 9.59 Å². The Kier molecular flexibility index (Phi) is 4.32. The molecule has 0 spiro atoms. The van der Waals surface area contributed by atoms with Gasteiger partial charge in [-0.2, -0.15) is 0 Å². The number of aliphatic hydroxyl groups excluding tert-OH is 1. The quantitative estimate of drug-likeness (QED) is 0.384. The first-order valence-corrected chi connectivity index (χ1v) is 6.63. The lowest BCUT2D eigenvalue weighted by molar-refractivity contribution is -0.155.